The summed E-state index contributed by atoms with van der Waals surface area (Å²) in [6, 6.07) is 14.4. The molecule has 1 heterocycles. The van der Waals surface area contributed by atoms with Crippen LogP contribution in [-0.4, -0.2) is 31.9 Å². The first-order chi connectivity index (χ1) is 14.7. The maximum absolute atomic E-state index is 11.8. The van der Waals surface area contributed by atoms with Gasteiger partial charge in [-0.3, -0.25) is 0 Å². The Bertz CT molecular complexity index is 1220. The van der Waals surface area contributed by atoms with E-state index < -0.39 is 6.90 Å². The highest BCUT2D eigenvalue weighted by Gasteiger charge is 2.10. The number of aryl methyl sites for hydroxylation is 1. The average Bonchev–Trinajstić information content (AvgIpc) is 2.74. The molecule has 1 unspecified atom stereocenters. The summed E-state index contributed by atoms with van der Waals surface area (Å²) in [6.07, 6.45) is 1.62. The molecule has 3 aromatic rings. The van der Waals surface area contributed by atoms with E-state index in [1.54, 1.807) is 51.7 Å². The number of hydrogen-bond donors (Lipinski definition) is 4. The molecule has 9 heteroatoms. The molecule has 0 radical (unpaired) electrons. The summed E-state index contributed by atoms with van der Waals surface area (Å²) in [7, 11) is 0. The molecule has 4 N–H and O–H groups in total. The van der Waals surface area contributed by atoms with Crippen LogP contribution in [0.5, 0.6) is 0 Å². The number of halogens is 1. The number of nitrogens with zero attached hydrogens (tertiary/aromatic N) is 2. The van der Waals surface area contributed by atoms with Gasteiger partial charge >= 0.3 is 0 Å². The van der Waals surface area contributed by atoms with Gasteiger partial charge in [0.1, 0.15) is 12.7 Å². The third kappa shape index (κ3) is 6.65. The quantitative estimate of drug-likeness (QED) is 0.206. The van der Waals surface area contributed by atoms with E-state index in [9.17, 15) is 9.32 Å². The van der Waals surface area contributed by atoms with Crippen molar-refractivity contribution in [2.45, 2.75) is 24.8 Å². The van der Waals surface area contributed by atoms with Crippen LogP contribution < -0.4 is 10.6 Å². The number of aromatic nitrogens is 2. The second-order valence-corrected chi connectivity index (χ2v) is 12.1. The lowest BCUT2D eigenvalue weighted by atomic mass is 10.1. The van der Waals surface area contributed by atoms with E-state index in [0.717, 1.165) is 5.56 Å². The van der Waals surface area contributed by atoms with E-state index in [2.05, 4.69) is 32.4 Å². The summed E-state index contributed by atoms with van der Waals surface area (Å²) >= 11 is 1.62. The van der Waals surface area contributed by atoms with Crippen molar-refractivity contribution in [1.29, 1.82) is 4.78 Å². The molecule has 3 rings (SSSR count). The lowest BCUT2D eigenvalue weighted by Gasteiger charge is -2.14. The van der Waals surface area contributed by atoms with E-state index in [-0.39, 0.29) is 12.6 Å². The molecule has 0 aliphatic heterocycles. The van der Waals surface area contributed by atoms with Crippen molar-refractivity contribution in [1.82, 2.24) is 9.97 Å². The lowest BCUT2D eigenvalue weighted by Crippen LogP contribution is -2.21. The molecular weight excluding hydrogens is 525 g/mol. The maximum atomic E-state index is 11.8. The minimum Gasteiger partial charge on any atom is -0.394 e. The van der Waals surface area contributed by atoms with Gasteiger partial charge in [-0.25, -0.2) is 14.0 Å². The van der Waals surface area contributed by atoms with Crippen molar-refractivity contribution in [3.63, 3.8) is 0 Å². The van der Waals surface area contributed by atoms with Gasteiger partial charge in [-0.05, 0) is 50.2 Å². The zero-order chi connectivity index (χ0) is 22.4. The standard InChI is InChI=1S/C22H22IN5O2S/c1-15-3-5-17(6-4-15)7-8-18-13-25-22(28-21(18)26-16(2)14-29)27-19-9-11-20(12-10-19)31(23,24)30/h3-6,9-13,16,24,29H,14H2,1-2H3,(H2,25,26,27,28)/t16-,31?/m1/s1. The van der Waals surface area contributed by atoms with Crippen LogP contribution >= 0.6 is 21.2 Å². The van der Waals surface area contributed by atoms with E-state index in [4.69, 9.17) is 4.78 Å². The van der Waals surface area contributed by atoms with Crippen molar-refractivity contribution in [3.05, 3.63) is 71.4 Å². The van der Waals surface area contributed by atoms with Crippen molar-refractivity contribution in [2.75, 3.05) is 17.2 Å². The molecule has 0 saturated heterocycles. The van der Waals surface area contributed by atoms with Gasteiger partial charge in [0, 0.05) is 38.5 Å². The fraction of sp³-hybridized carbons (Fsp3) is 0.182. The molecule has 0 saturated carbocycles. The molecule has 1 aromatic heterocycles. The number of rotatable bonds is 6. The molecule has 0 bridgehead atoms. The summed E-state index contributed by atoms with van der Waals surface area (Å²) in [5.74, 6) is 7.06. The molecule has 2 aromatic carbocycles. The first-order valence-electron chi connectivity index (χ1n) is 9.43. The minimum atomic E-state index is -2.79. The third-order valence-corrected chi connectivity index (χ3v) is 6.66. The molecule has 7 nitrogen and oxygen atoms in total. The molecular formula is C22H22IN5O2S. The van der Waals surface area contributed by atoms with Crippen LogP contribution in [0.3, 0.4) is 0 Å². The summed E-state index contributed by atoms with van der Waals surface area (Å²) in [5.41, 5.74) is 3.36. The Kier molecular flexibility index (Phi) is 7.48. The first kappa shape index (κ1) is 23.0. The Morgan fingerprint density at radius 2 is 1.84 bits per heavy atom. The van der Waals surface area contributed by atoms with Crippen LogP contribution in [0.2, 0.25) is 0 Å². The van der Waals surface area contributed by atoms with E-state index in [1.807, 2.05) is 38.1 Å². The van der Waals surface area contributed by atoms with Crippen molar-refractivity contribution in [2.24, 2.45) is 0 Å². The van der Waals surface area contributed by atoms with Gasteiger partial charge in [0.05, 0.1) is 23.3 Å². The van der Waals surface area contributed by atoms with Crippen molar-refractivity contribution in [3.8, 4) is 11.8 Å². The number of aliphatic hydroxyl groups is 1. The number of anilines is 3. The number of nitrogens with one attached hydrogen (secondary N) is 3. The van der Waals surface area contributed by atoms with Crippen molar-refractivity contribution < 1.29 is 9.32 Å². The molecule has 0 aliphatic rings. The summed E-state index contributed by atoms with van der Waals surface area (Å²) < 4.78 is 19.5. The molecule has 2 atom stereocenters. The van der Waals surface area contributed by atoms with Crippen LogP contribution in [-0.2, 0) is 6.90 Å². The SMILES string of the molecule is Cc1ccc(C#Cc2cnc(Nc3ccc(S(=N)(=O)I)cc3)nc2N[C@H](C)CO)cc1. The predicted octanol–water partition coefficient (Wildman–Crippen LogP) is 4.48. The van der Waals surface area contributed by atoms with Gasteiger partial charge in [-0.15, -0.1) is 0 Å². The molecule has 160 valence electrons. The Hall–Kier alpha value is -2.68. The van der Waals surface area contributed by atoms with Gasteiger partial charge in [-0.1, -0.05) is 29.5 Å². The maximum Gasteiger partial charge on any atom is 0.229 e. The Balaban J connectivity index is 1.87. The lowest BCUT2D eigenvalue weighted by molar-refractivity contribution is 0.281. The highest BCUT2D eigenvalue weighted by molar-refractivity contribution is 14.2. The van der Waals surface area contributed by atoms with Crippen LogP contribution in [0, 0.1) is 23.5 Å². The second kappa shape index (κ2) is 10.1. The van der Waals surface area contributed by atoms with E-state index >= 15 is 0 Å². The predicted molar refractivity (Wildman–Crippen MR) is 132 cm³/mol. The topological polar surface area (TPSA) is 111 Å². The fourth-order valence-electron chi connectivity index (χ4n) is 2.54. The molecule has 0 spiro atoms. The second-order valence-electron chi connectivity index (χ2n) is 6.94. The monoisotopic (exact) mass is 547 g/mol. The van der Waals surface area contributed by atoms with Gasteiger partial charge in [0.15, 0.2) is 0 Å². The Labute approximate surface area is 194 Å². The van der Waals surface area contributed by atoms with Gasteiger partial charge in [0.2, 0.25) is 5.95 Å². The first-order valence-corrected chi connectivity index (χ1v) is 13.5. The average molecular weight is 547 g/mol. The smallest absolute Gasteiger partial charge is 0.229 e. The molecule has 0 fully saturated rings. The van der Waals surface area contributed by atoms with Crippen LogP contribution in [0.1, 0.15) is 23.6 Å². The van der Waals surface area contributed by atoms with Gasteiger partial charge < -0.3 is 15.7 Å². The Morgan fingerprint density at radius 1 is 1.16 bits per heavy atom. The largest absolute Gasteiger partial charge is 0.394 e. The molecule has 31 heavy (non-hydrogen) atoms. The summed E-state index contributed by atoms with van der Waals surface area (Å²) in [4.78, 5) is 9.30. The minimum absolute atomic E-state index is 0.0538. The summed E-state index contributed by atoms with van der Waals surface area (Å²) in [6.45, 7) is 1.02. The number of aliphatic hydroxyl groups excluding tert-OH is 1. The highest BCUT2D eigenvalue weighted by Crippen LogP contribution is 2.22. The van der Waals surface area contributed by atoms with E-state index in [1.165, 1.54) is 5.56 Å². The van der Waals surface area contributed by atoms with Crippen molar-refractivity contribution >= 4 is 45.6 Å². The zero-order valence-electron chi connectivity index (χ0n) is 17.0. The summed E-state index contributed by atoms with van der Waals surface area (Å²) in [5, 5.41) is 15.7. The van der Waals surface area contributed by atoms with Crippen LogP contribution in [0.4, 0.5) is 17.5 Å². The number of benzene rings is 2. The van der Waals surface area contributed by atoms with Crippen LogP contribution in [0.15, 0.2) is 59.6 Å². The Morgan fingerprint density at radius 3 is 2.45 bits per heavy atom. The fourth-order valence-corrected chi connectivity index (χ4v) is 3.91. The van der Waals surface area contributed by atoms with Gasteiger partial charge in [-0.2, -0.15) is 4.98 Å². The molecule has 0 aliphatic carbocycles. The zero-order valence-corrected chi connectivity index (χ0v) is 20.0. The van der Waals surface area contributed by atoms with Gasteiger partial charge in [0.25, 0.3) is 0 Å². The third-order valence-electron chi connectivity index (χ3n) is 4.25. The molecule has 0 amide bonds. The van der Waals surface area contributed by atoms with E-state index in [0.29, 0.717) is 27.9 Å². The normalized spacial score (nSPS) is 13.4. The number of hydrogen-bond acceptors (Lipinski definition) is 7. The highest BCUT2D eigenvalue weighted by atomic mass is 127. The van der Waals surface area contributed by atoms with Crippen LogP contribution in [0.25, 0.3) is 0 Å².